The van der Waals surface area contributed by atoms with Gasteiger partial charge in [-0.25, -0.2) is 9.18 Å². The zero-order chi connectivity index (χ0) is 29.4. The first-order chi connectivity index (χ1) is 19.6. The Bertz CT molecular complexity index is 1900. The lowest BCUT2D eigenvalue weighted by atomic mass is 9.92. The molecule has 0 aliphatic carbocycles. The molecule has 3 aromatic carbocycles. The zero-order valence-corrected chi connectivity index (χ0v) is 23.8. The van der Waals surface area contributed by atoms with Crippen molar-refractivity contribution in [2.75, 3.05) is 7.11 Å². The van der Waals surface area contributed by atoms with Gasteiger partial charge in [-0.05, 0) is 60.0 Å². The summed E-state index contributed by atoms with van der Waals surface area (Å²) in [5.41, 5.74) is 3.25. The molecule has 0 saturated heterocycles. The number of carbonyl (C=O) groups is 2. The van der Waals surface area contributed by atoms with Crippen molar-refractivity contribution >= 4 is 56.9 Å². The Hall–Kier alpha value is -4.27. The van der Waals surface area contributed by atoms with Gasteiger partial charge in [0.1, 0.15) is 11.9 Å². The van der Waals surface area contributed by atoms with Crippen LogP contribution in [0.25, 0.3) is 32.9 Å². The number of aromatic nitrogens is 2. The summed E-state index contributed by atoms with van der Waals surface area (Å²) >= 11 is 12.4. The Balaban J connectivity index is 1.61. The molecule has 10 heteroatoms. The fourth-order valence-electron chi connectivity index (χ4n) is 5.10. The maximum atomic E-state index is 14.2. The van der Waals surface area contributed by atoms with Crippen LogP contribution in [0.1, 0.15) is 21.5 Å². The largest absolute Gasteiger partial charge is 0.467 e. The molecule has 41 heavy (non-hydrogen) atoms. The molecular weight excluding hydrogens is 568 g/mol. The molecule has 5 rings (SSSR count). The number of carbonyl (C=O) groups excluding carboxylic acids is 2. The molecule has 0 spiro atoms. The van der Waals surface area contributed by atoms with Crippen molar-refractivity contribution < 1.29 is 18.7 Å². The first-order valence-corrected chi connectivity index (χ1v) is 13.4. The van der Waals surface area contributed by atoms with Crippen LogP contribution in [0.15, 0.2) is 71.7 Å². The minimum absolute atomic E-state index is 0.0359. The van der Waals surface area contributed by atoms with Gasteiger partial charge in [0.15, 0.2) is 0 Å². The maximum Gasteiger partial charge on any atom is 0.328 e. The third-order valence-electron chi connectivity index (χ3n) is 7.14. The molecule has 1 amide bonds. The van der Waals surface area contributed by atoms with E-state index < -0.39 is 23.7 Å². The second-order valence-corrected chi connectivity index (χ2v) is 10.4. The first-order valence-electron chi connectivity index (χ1n) is 12.6. The average molecular weight is 592 g/mol. The topological polar surface area (TPSA) is 90.3 Å². The summed E-state index contributed by atoms with van der Waals surface area (Å²) in [5, 5.41) is 4.24. The molecule has 1 N–H and O–H groups in total. The molecule has 0 aliphatic rings. The fraction of sp³-hybridized carbons (Fsp3) is 0.161. The van der Waals surface area contributed by atoms with Crippen molar-refractivity contribution in [2.45, 2.75) is 19.4 Å². The van der Waals surface area contributed by atoms with Gasteiger partial charge in [-0.1, -0.05) is 47.5 Å². The van der Waals surface area contributed by atoms with Crippen LogP contribution in [0.2, 0.25) is 10.0 Å². The summed E-state index contributed by atoms with van der Waals surface area (Å²) in [7, 11) is 2.87. The van der Waals surface area contributed by atoms with Crippen molar-refractivity contribution in [3.63, 3.8) is 0 Å². The number of amides is 1. The van der Waals surface area contributed by atoms with E-state index in [0.717, 1.165) is 0 Å². The highest BCUT2D eigenvalue weighted by Crippen LogP contribution is 2.33. The lowest BCUT2D eigenvalue weighted by Gasteiger charge is -2.19. The highest BCUT2D eigenvalue weighted by atomic mass is 35.5. The van der Waals surface area contributed by atoms with E-state index in [2.05, 4.69) is 10.3 Å². The number of hydrogen-bond donors (Lipinski definition) is 1. The second-order valence-electron chi connectivity index (χ2n) is 9.55. The highest BCUT2D eigenvalue weighted by Gasteiger charge is 2.26. The van der Waals surface area contributed by atoms with Gasteiger partial charge in [0.2, 0.25) is 0 Å². The van der Waals surface area contributed by atoms with Crippen molar-refractivity contribution in [1.29, 1.82) is 0 Å². The molecule has 0 bridgehead atoms. The lowest BCUT2D eigenvalue weighted by molar-refractivity contribution is -0.142. The average Bonchev–Trinajstić information content (AvgIpc) is 2.96. The van der Waals surface area contributed by atoms with E-state index in [1.54, 1.807) is 50.5 Å². The number of pyridine rings is 2. The standard InChI is InChI=1S/C31H24Cl2FN3O4/c1-16-21-15-18(34)10-12-25(21)37(2)30(39)26(16)19-11-9-17(28-20(19)6-5-13-35-28)14-24(31(40)41-3)36-29(38)27-22(32)7-4-8-23(27)33/h4-13,15,24H,14H2,1-3H3,(H,36,38)/t24-/m0/s1. The summed E-state index contributed by atoms with van der Waals surface area (Å²) in [6.07, 6.45) is 1.64. The molecule has 208 valence electrons. The van der Waals surface area contributed by atoms with E-state index in [9.17, 15) is 18.8 Å². The molecule has 0 fully saturated rings. The zero-order valence-electron chi connectivity index (χ0n) is 22.3. The summed E-state index contributed by atoms with van der Waals surface area (Å²) < 4.78 is 20.6. The predicted octanol–water partition coefficient (Wildman–Crippen LogP) is 6.02. The van der Waals surface area contributed by atoms with Gasteiger partial charge in [0.05, 0.1) is 39.3 Å². The monoisotopic (exact) mass is 591 g/mol. The molecule has 1 atom stereocenters. The Labute approximate surface area is 244 Å². The van der Waals surface area contributed by atoms with Gasteiger partial charge in [-0.3, -0.25) is 14.6 Å². The van der Waals surface area contributed by atoms with Crippen LogP contribution in [0, 0.1) is 12.7 Å². The Morgan fingerprint density at radius 3 is 2.49 bits per heavy atom. The number of ether oxygens (including phenoxy) is 1. The van der Waals surface area contributed by atoms with Crippen molar-refractivity contribution in [2.24, 2.45) is 7.05 Å². The number of hydrogen-bond acceptors (Lipinski definition) is 5. The minimum Gasteiger partial charge on any atom is -0.467 e. The molecule has 5 aromatic rings. The number of halogens is 3. The van der Waals surface area contributed by atoms with Crippen LogP contribution in [0.4, 0.5) is 4.39 Å². The number of rotatable bonds is 6. The van der Waals surface area contributed by atoms with Gasteiger partial charge in [0, 0.05) is 30.4 Å². The van der Waals surface area contributed by atoms with Gasteiger partial charge in [-0.2, -0.15) is 0 Å². The van der Waals surface area contributed by atoms with E-state index in [-0.39, 0.29) is 27.6 Å². The summed E-state index contributed by atoms with van der Waals surface area (Å²) in [6, 6.07) is 15.0. The molecule has 0 radical (unpaired) electrons. The molecular formula is C31H24Cl2FN3O4. The lowest BCUT2D eigenvalue weighted by Crippen LogP contribution is -2.43. The minimum atomic E-state index is -1.09. The Morgan fingerprint density at radius 2 is 1.78 bits per heavy atom. The van der Waals surface area contributed by atoms with Gasteiger partial charge >= 0.3 is 5.97 Å². The van der Waals surface area contributed by atoms with Crippen LogP contribution < -0.4 is 10.9 Å². The van der Waals surface area contributed by atoms with E-state index >= 15 is 0 Å². The normalized spacial score (nSPS) is 12.0. The van der Waals surface area contributed by atoms with Crippen LogP contribution >= 0.6 is 23.2 Å². The van der Waals surface area contributed by atoms with Crippen LogP contribution in [-0.4, -0.2) is 34.6 Å². The van der Waals surface area contributed by atoms with E-state index in [1.165, 1.54) is 35.9 Å². The number of benzene rings is 3. The molecule has 7 nitrogen and oxygen atoms in total. The smallest absolute Gasteiger partial charge is 0.328 e. The van der Waals surface area contributed by atoms with Gasteiger partial charge < -0.3 is 14.6 Å². The predicted molar refractivity (Wildman–Crippen MR) is 158 cm³/mol. The number of esters is 1. The molecule has 2 aromatic heterocycles. The quantitative estimate of drug-likeness (QED) is 0.244. The maximum absolute atomic E-state index is 14.2. The third kappa shape index (κ3) is 5.16. The van der Waals surface area contributed by atoms with E-state index in [0.29, 0.717) is 44.1 Å². The molecule has 0 aliphatic heterocycles. The van der Waals surface area contributed by atoms with Gasteiger partial charge in [-0.15, -0.1) is 0 Å². The Morgan fingerprint density at radius 1 is 1.05 bits per heavy atom. The number of aryl methyl sites for hydroxylation is 2. The van der Waals surface area contributed by atoms with Crippen LogP contribution in [-0.2, 0) is 23.0 Å². The number of nitrogens with one attached hydrogen (secondary N) is 1. The first kappa shape index (κ1) is 28.3. The number of methoxy groups -OCH3 is 1. The molecule has 2 heterocycles. The van der Waals surface area contributed by atoms with E-state index in [1.807, 2.05) is 6.07 Å². The summed E-state index contributed by atoms with van der Waals surface area (Å²) in [4.78, 5) is 43.9. The molecule has 0 unspecified atom stereocenters. The number of nitrogens with zero attached hydrogens (tertiary/aromatic N) is 2. The van der Waals surface area contributed by atoms with Crippen molar-refractivity contribution in [3.8, 4) is 11.1 Å². The SMILES string of the molecule is COC(=O)[C@H](Cc1ccc(-c2c(C)c3cc(F)ccc3n(C)c2=O)c2cccnc12)NC(=O)c1c(Cl)cccc1Cl. The third-order valence-corrected chi connectivity index (χ3v) is 7.77. The highest BCUT2D eigenvalue weighted by molar-refractivity contribution is 6.39. The van der Waals surface area contributed by atoms with Crippen molar-refractivity contribution in [1.82, 2.24) is 14.9 Å². The van der Waals surface area contributed by atoms with Crippen LogP contribution in [0.5, 0.6) is 0 Å². The summed E-state index contributed by atoms with van der Waals surface area (Å²) in [5.74, 6) is -1.70. The molecule has 0 saturated carbocycles. The Kier molecular flexibility index (Phi) is 7.80. The second kappa shape index (κ2) is 11.3. The van der Waals surface area contributed by atoms with Gasteiger partial charge in [0.25, 0.3) is 11.5 Å². The van der Waals surface area contributed by atoms with Crippen molar-refractivity contribution in [3.05, 3.63) is 110 Å². The van der Waals surface area contributed by atoms with E-state index in [4.69, 9.17) is 27.9 Å². The summed E-state index contributed by atoms with van der Waals surface area (Å²) in [6.45, 7) is 1.79. The van der Waals surface area contributed by atoms with Crippen LogP contribution in [0.3, 0.4) is 0 Å². The number of fused-ring (bicyclic) bond motifs is 2. The fourth-order valence-corrected chi connectivity index (χ4v) is 5.67.